The van der Waals surface area contributed by atoms with E-state index < -0.39 is 0 Å². The van der Waals surface area contributed by atoms with Gasteiger partial charge in [0.25, 0.3) is 0 Å². The van der Waals surface area contributed by atoms with Crippen molar-refractivity contribution in [3.63, 3.8) is 0 Å². The first-order chi connectivity index (χ1) is 9.27. The summed E-state index contributed by atoms with van der Waals surface area (Å²) >= 11 is 0. The Kier molecular flexibility index (Phi) is 3.58. The van der Waals surface area contributed by atoms with Gasteiger partial charge in [-0.15, -0.1) is 10.2 Å². The van der Waals surface area contributed by atoms with Gasteiger partial charge in [0.05, 0.1) is 6.54 Å². The molecule has 3 rings (SSSR count). The van der Waals surface area contributed by atoms with Crippen molar-refractivity contribution in [1.29, 1.82) is 0 Å². The molecular formula is C14H25N5. The lowest BCUT2D eigenvalue weighted by Gasteiger charge is -2.49. The number of hydrogen-bond acceptors (Lipinski definition) is 4. The lowest BCUT2D eigenvalue weighted by Crippen LogP contribution is -2.58. The van der Waals surface area contributed by atoms with E-state index in [1.54, 1.807) is 0 Å². The van der Waals surface area contributed by atoms with Crippen molar-refractivity contribution in [2.75, 3.05) is 13.1 Å². The zero-order valence-corrected chi connectivity index (χ0v) is 11.9. The summed E-state index contributed by atoms with van der Waals surface area (Å²) in [6.07, 6.45) is 8.33. The van der Waals surface area contributed by atoms with Crippen molar-refractivity contribution in [2.24, 2.45) is 11.7 Å². The van der Waals surface area contributed by atoms with Crippen LogP contribution in [0.2, 0.25) is 0 Å². The predicted octanol–water partition coefficient (Wildman–Crippen LogP) is 1.39. The Morgan fingerprint density at radius 1 is 1.47 bits per heavy atom. The molecule has 2 N–H and O–H groups in total. The van der Waals surface area contributed by atoms with E-state index in [1.165, 1.54) is 32.1 Å². The van der Waals surface area contributed by atoms with Crippen LogP contribution in [0.3, 0.4) is 0 Å². The van der Waals surface area contributed by atoms with Crippen molar-refractivity contribution in [1.82, 2.24) is 19.7 Å². The zero-order chi connectivity index (χ0) is 13.3. The minimum Gasteiger partial charge on any atom is -0.329 e. The van der Waals surface area contributed by atoms with Crippen molar-refractivity contribution >= 4 is 0 Å². The van der Waals surface area contributed by atoms with Gasteiger partial charge in [0, 0.05) is 25.2 Å². The van der Waals surface area contributed by atoms with Crippen molar-refractivity contribution in [2.45, 2.75) is 57.7 Å². The van der Waals surface area contributed by atoms with Gasteiger partial charge in [0.1, 0.15) is 12.2 Å². The predicted molar refractivity (Wildman–Crippen MR) is 74.5 cm³/mol. The van der Waals surface area contributed by atoms with Gasteiger partial charge in [0.15, 0.2) is 0 Å². The third kappa shape index (κ3) is 2.30. The SMILES string of the molecule is CCC1CCCC(CN)(N2CCn3cnnc3C2)C1. The van der Waals surface area contributed by atoms with E-state index in [0.29, 0.717) is 0 Å². The number of aromatic nitrogens is 3. The zero-order valence-electron chi connectivity index (χ0n) is 11.9. The molecule has 0 saturated heterocycles. The van der Waals surface area contributed by atoms with Gasteiger partial charge in [0.2, 0.25) is 0 Å². The molecule has 1 saturated carbocycles. The average molecular weight is 263 g/mol. The van der Waals surface area contributed by atoms with Crippen LogP contribution in [0.5, 0.6) is 0 Å². The second-order valence-electron chi connectivity index (χ2n) is 6.16. The van der Waals surface area contributed by atoms with Crippen LogP contribution in [0, 0.1) is 5.92 Å². The van der Waals surface area contributed by atoms with E-state index >= 15 is 0 Å². The van der Waals surface area contributed by atoms with Gasteiger partial charge < -0.3 is 10.3 Å². The Morgan fingerprint density at radius 2 is 2.37 bits per heavy atom. The molecule has 1 aromatic rings. The fraction of sp³-hybridized carbons (Fsp3) is 0.857. The first-order valence-corrected chi connectivity index (χ1v) is 7.59. The van der Waals surface area contributed by atoms with Gasteiger partial charge in [-0.3, -0.25) is 4.90 Å². The summed E-state index contributed by atoms with van der Waals surface area (Å²) < 4.78 is 2.17. The van der Waals surface area contributed by atoms with E-state index in [4.69, 9.17) is 5.73 Å². The molecule has 2 atom stereocenters. The molecule has 0 bridgehead atoms. The molecule has 5 heteroatoms. The van der Waals surface area contributed by atoms with Crippen molar-refractivity contribution < 1.29 is 0 Å². The number of nitrogens with two attached hydrogens (primary N) is 1. The maximum atomic E-state index is 6.20. The van der Waals surface area contributed by atoms with E-state index in [9.17, 15) is 0 Å². The third-order valence-corrected chi connectivity index (χ3v) is 5.19. The van der Waals surface area contributed by atoms with Gasteiger partial charge in [-0.25, -0.2) is 0 Å². The van der Waals surface area contributed by atoms with Crippen molar-refractivity contribution in [3.8, 4) is 0 Å². The molecule has 0 amide bonds. The molecule has 1 aliphatic heterocycles. The van der Waals surface area contributed by atoms with Crippen LogP contribution in [-0.2, 0) is 13.1 Å². The molecule has 1 aliphatic carbocycles. The fourth-order valence-electron chi connectivity index (χ4n) is 3.88. The van der Waals surface area contributed by atoms with Crippen molar-refractivity contribution in [3.05, 3.63) is 12.2 Å². The first-order valence-electron chi connectivity index (χ1n) is 7.59. The highest BCUT2D eigenvalue weighted by molar-refractivity contribution is 5.01. The number of rotatable bonds is 3. The molecule has 0 aromatic carbocycles. The monoisotopic (exact) mass is 263 g/mol. The smallest absolute Gasteiger partial charge is 0.147 e. The summed E-state index contributed by atoms with van der Waals surface area (Å²) in [5.41, 5.74) is 6.40. The average Bonchev–Trinajstić information content (AvgIpc) is 2.94. The molecular weight excluding hydrogens is 238 g/mol. The quantitative estimate of drug-likeness (QED) is 0.895. The Hall–Kier alpha value is -0.940. The molecule has 2 heterocycles. The number of fused-ring (bicyclic) bond motifs is 1. The summed E-state index contributed by atoms with van der Waals surface area (Å²) in [5, 5.41) is 8.26. The Balaban J connectivity index is 1.79. The van der Waals surface area contributed by atoms with E-state index in [-0.39, 0.29) is 5.54 Å². The lowest BCUT2D eigenvalue weighted by atomic mass is 9.73. The molecule has 0 radical (unpaired) electrons. The van der Waals surface area contributed by atoms with E-state index in [1.807, 2.05) is 6.33 Å². The molecule has 1 fully saturated rings. The van der Waals surface area contributed by atoms with Gasteiger partial charge >= 0.3 is 0 Å². The third-order valence-electron chi connectivity index (χ3n) is 5.19. The molecule has 2 unspecified atom stereocenters. The summed E-state index contributed by atoms with van der Waals surface area (Å²) in [6, 6.07) is 0. The number of hydrogen-bond donors (Lipinski definition) is 1. The Bertz CT molecular complexity index is 429. The fourth-order valence-corrected chi connectivity index (χ4v) is 3.88. The van der Waals surface area contributed by atoms with Gasteiger partial charge in [-0.05, 0) is 18.8 Å². The first kappa shape index (κ1) is 13.1. The van der Waals surface area contributed by atoms with Gasteiger partial charge in [-0.1, -0.05) is 26.2 Å². The van der Waals surface area contributed by atoms with Crippen LogP contribution in [0.15, 0.2) is 6.33 Å². The standard InChI is InChI=1S/C14H25N5/c1-2-12-4-3-5-14(8-12,10-15)19-7-6-18-11-16-17-13(18)9-19/h11-12H,2-10,15H2,1H3. The second-order valence-corrected chi connectivity index (χ2v) is 6.16. The highest BCUT2D eigenvalue weighted by Crippen LogP contribution is 2.39. The molecule has 19 heavy (non-hydrogen) atoms. The Labute approximate surface area is 115 Å². The minimum absolute atomic E-state index is 0.204. The lowest BCUT2D eigenvalue weighted by molar-refractivity contribution is 0.0133. The topological polar surface area (TPSA) is 60.0 Å². The normalized spacial score (nSPS) is 32.2. The summed E-state index contributed by atoms with van der Waals surface area (Å²) in [6.45, 7) is 6.08. The maximum Gasteiger partial charge on any atom is 0.147 e. The largest absolute Gasteiger partial charge is 0.329 e. The molecule has 5 nitrogen and oxygen atoms in total. The van der Waals surface area contributed by atoms with E-state index in [2.05, 4.69) is 26.6 Å². The van der Waals surface area contributed by atoms with Gasteiger partial charge in [-0.2, -0.15) is 0 Å². The molecule has 2 aliphatic rings. The van der Waals surface area contributed by atoms with Crippen LogP contribution in [0.4, 0.5) is 0 Å². The van der Waals surface area contributed by atoms with Crippen LogP contribution in [0.25, 0.3) is 0 Å². The molecule has 1 aromatic heterocycles. The number of nitrogens with zero attached hydrogens (tertiary/aromatic N) is 4. The highest BCUT2D eigenvalue weighted by Gasteiger charge is 2.41. The molecule has 0 spiro atoms. The van der Waals surface area contributed by atoms with E-state index in [0.717, 1.165) is 37.9 Å². The minimum atomic E-state index is 0.204. The van der Waals surface area contributed by atoms with Crippen LogP contribution < -0.4 is 5.73 Å². The summed E-state index contributed by atoms with van der Waals surface area (Å²) in [4.78, 5) is 2.58. The highest BCUT2D eigenvalue weighted by atomic mass is 15.3. The molecule has 106 valence electrons. The van der Waals surface area contributed by atoms with Crippen LogP contribution in [0.1, 0.15) is 44.9 Å². The van der Waals surface area contributed by atoms with Crippen LogP contribution in [-0.4, -0.2) is 38.3 Å². The maximum absolute atomic E-state index is 6.20. The summed E-state index contributed by atoms with van der Waals surface area (Å²) in [5.74, 6) is 1.94. The van der Waals surface area contributed by atoms with Crippen LogP contribution >= 0.6 is 0 Å². The second kappa shape index (κ2) is 5.21. The Morgan fingerprint density at radius 3 is 3.16 bits per heavy atom. The summed E-state index contributed by atoms with van der Waals surface area (Å²) in [7, 11) is 0.